The number of hydrogen-bond donors (Lipinski definition) is 0. The smallest absolute Gasteiger partial charge is 0.271 e. The summed E-state index contributed by atoms with van der Waals surface area (Å²) in [5, 5.41) is 10.6. The monoisotopic (exact) mass is 229 g/mol. The zero-order chi connectivity index (χ0) is 12.3. The van der Waals surface area contributed by atoms with E-state index in [1.807, 2.05) is 36.0 Å². The van der Waals surface area contributed by atoms with Crippen molar-refractivity contribution in [3.05, 3.63) is 64.3 Å². The van der Waals surface area contributed by atoms with E-state index in [9.17, 15) is 10.1 Å². The predicted molar refractivity (Wildman–Crippen MR) is 63.7 cm³/mol. The summed E-state index contributed by atoms with van der Waals surface area (Å²) in [6.45, 7) is 0. The van der Waals surface area contributed by atoms with Crippen molar-refractivity contribution in [2.75, 3.05) is 0 Å². The van der Waals surface area contributed by atoms with Gasteiger partial charge >= 0.3 is 0 Å². The Bertz CT molecular complexity index is 617. The molecule has 0 atom stereocenters. The summed E-state index contributed by atoms with van der Waals surface area (Å²) >= 11 is 0. The summed E-state index contributed by atoms with van der Waals surface area (Å²) in [6, 6.07) is 11.9. The van der Waals surface area contributed by atoms with Crippen LogP contribution in [0.5, 0.6) is 0 Å². The molecule has 0 saturated heterocycles. The highest BCUT2D eigenvalue weighted by Gasteiger charge is 2.04. The third-order valence-electron chi connectivity index (χ3n) is 2.31. The lowest BCUT2D eigenvalue weighted by molar-refractivity contribution is -0.384. The molecule has 1 aromatic carbocycles. The molecule has 0 unspecified atom stereocenters. The molecule has 0 saturated carbocycles. The van der Waals surface area contributed by atoms with Crippen molar-refractivity contribution in [1.82, 2.24) is 4.57 Å². The highest BCUT2D eigenvalue weighted by atomic mass is 16.6. The third kappa shape index (κ3) is 2.57. The minimum Gasteiger partial charge on any atom is -0.336 e. The summed E-state index contributed by atoms with van der Waals surface area (Å²) in [5.74, 6) is 0. The first-order valence-corrected chi connectivity index (χ1v) is 5.08. The van der Waals surface area contributed by atoms with Crippen LogP contribution < -0.4 is 5.49 Å². The van der Waals surface area contributed by atoms with E-state index in [1.54, 1.807) is 12.1 Å². The molecule has 0 amide bonds. The van der Waals surface area contributed by atoms with Crippen molar-refractivity contribution < 1.29 is 4.92 Å². The number of aromatic nitrogens is 1. The standard InChI is InChI=1S/C12H11N3O2/c1-14-8-3-2-7-12(14)13-10-5-4-6-11(9-10)15(16)17/h2-9H,1H3. The molecule has 0 N–H and O–H groups in total. The molecular weight excluding hydrogens is 218 g/mol. The van der Waals surface area contributed by atoms with Crippen LogP contribution >= 0.6 is 0 Å². The van der Waals surface area contributed by atoms with E-state index in [0.29, 0.717) is 5.69 Å². The lowest BCUT2D eigenvalue weighted by Crippen LogP contribution is -2.15. The number of nitro benzene ring substituents is 1. The zero-order valence-corrected chi connectivity index (χ0v) is 9.28. The highest BCUT2D eigenvalue weighted by Crippen LogP contribution is 2.18. The van der Waals surface area contributed by atoms with Gasteiger partial charge in [0.25, 0.3) is 5.69 Å². The summed E-state index contributed by atoms with van der Waals surface area (Å²) in [4.78, 5) is 14.5. The van der Waals surface area contributed by atoms with Crippen molar-refractivity contribution in [2.45, 2.75) is 0 Å². The molecule has 5 heteroatoms. The second kappa shape index (κ2) is 4.61. The van der Waals surface area contributed by atoms with Crippen molar-refractivity contribution in [3.63, 3.8) is 0 Å². The highest BCUT2D eigenvalue weighted by molar-refractivity contribution is 5.46. The molecule has 5 nitrogen and oxygen atoms in total. The summed E-state index contributed by atoms with van der Waals surface area (Å²) in [7, 11) is 1.87. The maximum atomic E-state index is 10.6. The number of non-ortho nitro benzene ring substituents is 1. The summed E-state index contributed by atoms with van der Waals surface area (Å²) < 4.78 is 1.85. The van der Waals surface area contributed by atoms with Crippen LogP contribution in [0.2, 0.25) is 0 Å². The van der Waals surface area contributed by atoms with E-state index in [4.69, 9.17) is 0 Å². The first-order valence-electron chi connectivity index (χ1n) is 5.08. The molecule has 0 aliphatic heterocycles. The second-order valence-corrected chi connectivity index (χ2v) is 3.56. The van der Waals surface area contributed by atoms with E-state index in [1.165, 1.54) is 12.1 Å². The average molecular weight is 229 g/mol. The molecule has 86 valence electrons. The van der Waals surface area contributed by atoms with Gasteiger partial charge in [0, 0.05) is 25.4 Å². The van der Waals surface area contributed by atoms with Gasteiger partial charge < -0.3 is 4.57 Å². The van der Waals surface area contributed by atoms with Crippen LogP contribution in [-0.2, 0) is 7.05 Å². The van der Waals surface area contributed by atoms with E-state index >= 15 is 0 Å². The molecule has 2 rings (SSSR count). The maximum absolute atomic E-state index is 10.6. The Hall–Kier alpha value is -2.43. The number of nitrogens with zero attached hydrogens (tertiary/aromatic N) is 3. The molecule has 0 radical (unpaired) electrons. The van der Waals surface area contributed by atoms with Crippen molar-refractivity contribution in [1.29, 1.82) is 0 Å². The van der Waals surface area contributed by atoms with Crippen LogP contribution in [0.15, 0.2) is 53.7 Å². The normalized spacial score (nSPS) is 11.5. The SMILES string of the molecule is Cn1ccccc1=Nc1cccc([N+](=O)[O-])c1. The van der Waals surface area contributed by atoms with E-state index < -0.39 is 4.92 Å². The van der Waals surface area contributed by atoms with Gasteiger partial charge in [-0.1, -0.05) is 12.1 Å². The molecular formula is C12H11N3O2. The topological polar surface area (TPSA) is 60.4 Å². The van der Waals surface area contributed by atoms with E-state index in [-0.39, 0.29) is 5.69 Å². The Labute approximate surface area is 97.8 Å². The van der Waals surface area contributed by atoms with Gasteiger partial charge in [-0.15, -0.1) is 0 Å². The van der Waals surface area contributed by atoms with Crippen LogP contribution in [0, 0.1) is 10.1 Å². The van der Waals surface area contributed by atoms with Crippen LogP contribution in [-0.4, -0.2) is 9.49 Å². The van der Waals surface area contributed by atoms with Gasteiger partial charge in [-0.05, 0) is 18.2 Å². The molecule has 0 fully saturated rings. The lowest BCUT2D eigenvalue weighted by Gasteiger charge is -1.98. The van der Waals surface area contributed by atoms with Crippen molar-refractivity contribution in [2.24, 2.45) is 12.0 Å². The Morgan fingerprint density at radius 1 is 1.24 bits per heavy atom. The van der Waals surface area contributed by atoms with Crippen LogP contribution in [0.3, 0.4) is 0 Å². The van der Waals surface area contributed by atoms with Gasteiger partial charge in [0.05, 0.1) is 10.6 Å². The van der Waals surface area contributed by atoms with Crippen LogP contribution in [0.25, 0.3) is 0 Å². The molecule has 0 aliphatic rings. The molecule has 1 aromatic heterocycles. The molecule has 0 aliphatic carbocycles. The number of pyridine rings is 1. The minimum atomic E-state index is -0.427. The predicted octanol–water partition coefficient (Wildman–Crippen LogP) is 2.17. The Morgan fingerprint density at radius 2 is 2.06 bits per heavy atom. The van der Waals surface area contributed by atoms with Crippen molar-refractivity contribution >= 4 is 11.4 Å². The van der Waals surface area contributed by atoms with Gasteiger partial charge in [-0.25, -0.2) is 4.99 Å². The lowest BCUT2D eigenvalue weighted by atomic mass is 10.3. The zero-order valence-electron chi connectivity index (χ0n) is 9.28. The van der Waals surface area contributed by atoms with E-state index in [2.05, 4.69) is 4.99 Å². The fraction of sp³-hybridized carbons (Fsp3) is 0.0833. The average Bonchev–Trinajstić information content (AvgIpc) is 2.32. The number of hydrogen-bond acceptors (Lipinski definition) is 3. The molecule has 17 heavy (non-hydrogen) atoms. The molecule has 2 aromatic rings. The van der Waals surface area contributed by atoms with Gasteiger partial charge in [-0.2, -0.15) is 0 Å². The third-order valence-corrected chi connectivity index (χ3v) is 2.31. The van der Waals surface area contributed by atoms with Gasteiger partial charge in [0.15, 0.2) is 0 Å². The Kier molecular flexibility index (Phi) is 3.00. The molecule has 0 bridgehead atoms. The summed E-state index contributed by atoms with van der Waals surface area (Å²) in [6.07, 6.45) is 1.87. The fourth-order valence-corrected chi connectivity index (χ4v) is 1.44. The Balaban J connectivity index is 2.49. The fourth-order valence-electron chi connectivity index (χ4n) is 1.44. The number of nitro groups is 1. The van der Waals surface area contributed by atoms with Crippen LogP contribution in [0.4, 0.5) is 11.4 Å². The number of aryl methyl sites for hydroxylation is 1. The van der Waals surface area contributed by atoms with Gasteiger partial charge in [-0.3, -0.25) is 10.1 Å². The first kappa shape index (κ1) is 11.1. The molecule has 1 heterocycles. The van der Waals surface area contributed by atoms with E-state index in [0.717, 1.165) is 5.49 Å². The number of benzene rings is 1. The summed E-state index contributed by atoms with van der Waals surface area (Å²) in [5.41, 5.74) is 1.36. The second-order valence-electron chi connectivity index (χ2n) is 3.56. The largest absolute Gasteiger partial charge is 0.336 e. The van der Waals surface area contributed by atoms with Gasteiger partial charge in [0.1, 0.15) is 5.49 Å². The Morgan fingerprint density at radius 3 is 2.76 bits per heavy atom. The quantitative estimate of drug-likeness (QED) is 0.585. The van der Waals surface area contributed by atoms with Crippen LogP contribution in [0.1, 0.15) is 0 Å². The van der Waals surface area contributed by atoms with Crippen molar-refractivity contribution in [3.8, 4) is 0 Å². The number of rotatable bonds is 2. The first-order chi connectivity index (χ1) is 8.16. The molecule has 0 spiro atoms. The maximum Gasteiger partial charge on any atom is 0.271 e. The minimum absolute atomic E-state index is 0.0461. The van der Waals surface area contributed by atoms with Gasteiger partial charge in [0.2, 0.25) is 0 Å².